The molecule has 2 aromatic carbocycles. The Morgan fingerprint density at radius 2 is 1.93 bits per heavy atom. The lowest BCUT2D eigenvalue weighted by Crippen LogP contribution is -2.33. The van der Waals surface area contributed by atoms with Gasteiger partial charge in [-0.3, -0.25) is 4.79 Å². The van der Waals surface area contributed by atoms with E-state index in [1.54, 1.807) is 43.3 Å². The number of para-hydroxylation sites is 1. The van der Waals surface area contributed by atoms with Crippen molar-refractivity contribution in [3.63, 3.8) is 0 Å². The zero-order valence-corrected chi connectivity index (χ0v) is 16.9. The quantitative estimate of drug-likeness (QED) is 0.478. The summed E-state index contributed by atoms with van der Waals surface area (Å²) in [6.45, 7) is 1.61. The lowest BCUT2D eigenvalue weighted by Gasteiger charge is -2.23. The first kappa shape index (κ1) is 20.2. The van der Waals surface area contributed by atoms with Gasteiger partial charge in [0.05, 0.1) is 12.8 Å². The molecule has 0 fully saturated rings. The molecule has 146 valence electrons. The number of alkyl halides is 2. The Morgan fingerprint density at radius 3 is 2.61 bits per heavy atom. The number of carbonyl (C=O) groups is 2. The molecule has 0 N–H and O–H groups in total. The highest BCUT2D eigenvalue weighted by Gasteiger charge is 2.41. The number of amides is 1. The van der Waals surface area contributed by atoms with Gasteiger partial charge in [0.1, 0.15) is 0 Å². The van der Waals surface area contributed by atoms with Crippen molar-refractivity contribution in [1.29, 1.82) is 0 Å². The molecule has 1 aliphatic heterocycles. The summed E-state index contributed by atoms with van der Waals surface area (Å²) in [5.41, 5.74) is 1.19. The zero-order valence-electron chi connectivity index (χ0n) is 15.3. The predicted octanol–water partition coefficient (Wildman–Crippen LogP) is 5.00. The van der Waals surface area contributed by atoms with Crippen LogP contribution in [-0.4, -0.2) is 31.5 Å². The van der Waals surface area contributed by atoms with Gasteiger partial charge in [-0.2, -0.15) is 0 Å². The third-order valence-corrected chi connectivity index (χ3v) is 5.15. The zero-order chi connectivity index (χ0) is 20.5. The maximum absolute atomic E-state index is 14.9. The van der Waals surface area contributed by atoms with Gasteiger partial charge in [-0.05, 0) is 36.8 Å². The van der Waals surface area contributed by atoms with Crippen LogP contribution in [0.4, 0.5) is 14.5 Å². The van der Waals surface area contributed by atoms with Crippen molar-refractivity contribution in [3.05, 3.63) is 69.7 Å². The Morgan fingerprint density at radius 1 is 1.21 bits per heavy atom. The Bertz CT molecular complexity index is 972. The minimum absolute atomic E-state index is 0.138. The molecule has 0 bridgehead atoms. The van der Waals surface area contributed by atoms with Crippen LogP contribution in [0.1, 0.15) is 27.9 Å². The van der Waals surface area contributed by atoms with E-state index in [1.165, 1.54) is 11.0 Å². The van der Waals surface area contributed by atoms with E-state index in [-0.39, 0.29) is 18.0 Å². The summed E-state index contributed by atoms with van der Waals surface area (Å²) < 4.78 is 35.1. The summed E-state index contributed by atoms with van der Waals surface area (Å²) >= 11 is 3.36. The van der Waals surface area contributed by atoms with Gasteiger partial charge in [0.25, 0.3) is 11.8 Å². The Balaban J connectivity index is 2.14. The molecule has 0 saturated heterocycles. The minimum Gasteiger partial charge on any atom is -0.466 e. The second-order valence-corrected chi connectivity index (χ2v) is 7.38. The molecule has 1 heterocycles. The van der Waals surface area contributed by atoms with Crippen molar-refractivity contribution in [2.45, 2.75) is 19.3 Å². The molecule has 1 aliphatic rings. The summed E-state index contributed by atoms with van der Waals surface area (Å²) in [5, 5.41) is 0. The van der Waals surface area contributed by atoms with Gasteiger partial charge in [-0.1, -0.05) is 34.1 Å². The van der Waals surface area contributed by atoms with E-state index in [0.29, 0.717) is 11.3 Å². The number of anilines is 1. The molecular weight excluding hydrogens is 432 g/mol. The van der Waals surface area contributed by atoms with Crippen molar-refractivity contribution in [2.24, 2.45) is 0 Å². The van der Waals surface area contributed by atoms with Crippen LogP contribution in [0.2, 0.25) is 0 Å². The first-order valence-corrected chi connectivity index (χ1v) is 9.39. The van der Waals surface area contributed by atoms with Crippen LogP contribution in [0.3, 0.4) is 0 Å². The van der Waals surface area contributed by atoms with E-state index in [2.05, 4.69) is 20.7 Å². The van der Waals surface area contributed by atoms with E-state index < -0.39 is 23.9 Å². The maximum atomic E-state index is 14.9. The molecule has 0 atom stereocenters. The van der Waals surface area contributed by atoms with Crippen molar-refractivity contribution in [1.82, 2.24) is 0 Å². The van der Waals surface area contributed by atoms with E-state index in [9.17, 15) is 18.4 Å². The number of rotatable bonds is 2. The Hall–Kier alpha value is -2.54. The van der Waals surface area contributed by atoms with Crippen LogP contribution >= 0.6 is 15.9 Å². The number of nitrogens with zero attached hydrogens (tertiary/aromatic N) is 1. The topological polar surface area (TPSA) is 46.6 Å². The van der Waals surface area contributed by atoms with Crippen molar-refractivity contribution in [2.75, 3.05) is 18.6 Å². The average molecular weight is 450 g/mol. The van der Waals surface area contributed by atoms with Gasteiger partial charge in [-0.15, -0.1) is 0 Å². The van der Waals surface area contributed by atoms with Crippen LogP contribution in [0.15, 0.2) is 53.0 Å². The van der Waals surface area contributed by atoms with Gasteiger partial charge in [0.15, 0.2) is 0 Å². The van der Waals surface area contributed by atoms with E-state index in [1.807, 2.05) is 0 Å². The summed E-state index contributed by atoms with van der Waals surface area (Å²) in [6.07, 6.45) is 0.198. The van der Waals surface area contributed by atoms with Crippen molar-refractivity contribution in [3.8, 4) is 0 Å². The summed E-state index contributed by atoms with van der Waals surface area (Å²) in [6, 6.07) is 11.6. The largest absolute Gasteiger partial charge is 0.466 e. The molecule has 1 amide bonds. The van der Waals surface area contributed by atoms with E-state index in [0.717, 1.165) is 23.2 Å². The number of hydrogen-bond donors (Lipinski definition) is 0. The fraction of sp³-hybridized carbons (Fsp3) is 0.238. The number of benzene rings is 2. The van der Waals surface area contributed by atoms with Gasteiger partial charge >= 0.3 is 5.97 Å². The van der Waals surface area contributed by atoms with Gasteiger partial charge < -0.3 is 9.64 Å². The molecule has 28 heavy (non-hydrogen) atoms. The highest BCUT2D eigenvalue weighted by atomic mass is 79.9. The molecule has 0 saturated carbocycles. The number of fused-ring (bicyclic) bond motifs is 1. The van der Waals surface area contributed by atoms with Crippen molar-refractivity contribution >= 4 is 39.1 Å². The molecule has 7 heteroatoms. The second-order valence-electron chi connectivity index (χ2n) is 6.47. The molecule has 2 aromatic rings. The summed E-state index contributed by atoms with van der Waals surface area (Å²) in [5.74, 6) is -4.52. The first-order valence-electron chi connectivity index (χ1n) is 8.60. The molecule has 0 radical (unpaired) electrons. The number of esters is 1. The SMILES string of the molecule is COC(=O)/C=C1/c2ccccc2N(C(=O)c2ccc(Br)cc2C)CCC1(F)F. The van der Waals surface area contributed by atoms with Gasteiger partial charge in [0.2, 0.25) is 0 Å². The number of methoxy groups -OCH3 is 1. The molecule has 4 nitrogen and oxygen atoms in total. The first-order chi connectivity index (χ1) is 13.2. The molecule has 0 unspecified atom stereocenters. The van der Waals surface area contributed by atoms with Gasteiger partial charge in [0, 0.05) is 40.2 Å². The monoisotopic (exact) mass is 449 g/mol. The molecular formula is C21H18BrF2NO3. The number of allylic oxidation sites excluding steroid dienone is 1. The number of carbonyl (C=O) groups excluding carboxylic acids is 2. The van der Waals surface area contributed by atoms with Crippen LogP contribution in [-0.2, 0) is 9.53 Å². The fourth-order valence-corrected chi connectivity index (χ4v) is 3.70. The van der Waals surface area contributed by atoms with Gasteiger partial charge in [-0.25, -0.2) is 13.6 Å². The Kier molecular flexibility index (Phi) is 5.65. The van der Waals surface area contributed by atoms with Crippen molar-refractivity contribution < 1.29 is 23.1 Å². The normalized spacial score (nSPS) is 17.0. The predicted molar refractivity (Wildman–Crippen MR) is 107 cm³/mol. The second kappa shape index (κ2) is 7.83. The Labute approximate surface area is 169 Å². The molecule has 0 spiro atoms. The maximum Gasteiger partial charge on any atom is 0.330 e. The third-order valence-electron chi connectivity index (χ3n) is 4.66. The molecule has 0 aliphatic carbocycles. The fourth-order valence-electron chi connectivity index (χ4n) is 3.22. The third kappa shape index (κ3) is 3.85. The van der Waals surface area contributed by atoms with Crippen LogP contribution in [0.5, 0.6) is 0 Å². The molecule has 3 rings (SSSR count). The number of halogens is 3. The average Bonchev–Trinajstić information content (AvgIpc) is 2.76. The minimum atomic E-state index is -3.28. The highest BCUT2D eigenvalue weighted by molar-refractivity contribution is 9.10. The van der Waals surface area contributed by atoms with Crippen LogP contribution < -0.4 is 4.90 Å². The lowest BCUT2D eigenvalue weighted by molar-refractivity contribution is -0.134. The number of hydrogen-bond acceptors (Lipinski definition) is 3. The summed E-state index contributed by atoms with van der Waals surface area (Å²) in [7, 11) is 1.13. The lowest BCUT2D eigenvalue weighted by atomic mass is 9.97. The number of aryl methyl sites for hydroxylation is 1. The van der Waals surface area contributed by atoms with E-state index >= 15 is 0 Å². The van der Waals surface area contributed by atoms with Crippen LogP contribution in [0.25, 0.3) is 5.57 Å². The number of ether oxygens (including phenoxy) is 1. The van der Waals surface area contributed by atoms with E-state index in [4.69, 9.17) is 0 Å². The summed E-state index contributed by atoms with van der Waals surface area (Å²) in [4.78, 5) is 26.2. The smallest absolute Gasteiger partial charge is 0.330 e. The highest BCUT2D eigenvalue weighted by Crippen LogP contribution is 2.43. The molecule has 0 aromatic heterocycles. The standard InChI is InChI=1S/C21H18BrF2NO3/c1-13-11-14(22)7-8-15(13)20(27)25-10-9-21(23,24)17(12-19(26)28-2)16-5-3-4-6-18(16)25/h3-8,11-12H,9-10H2,1-2H3/b17-12-. The van der Waals surface area contributed by atoms with Crippen LogP contribution in [0, 0.1) is 6.92 Å².